The molecular weight excluding hydrogens is 201 g/mol. The van der Waals surface area contributed by atoms with E-state index in [9.17, 15) is 0 Å². The zero-order valence-electron chi connectivity index (χ0n) is 7.91. The molecule has 0 unspecified atom stereocenters. The zero-order chi connectivity index (χ0) is 10.9. The molecule has 82 valence electrons. The van der Waals surface area contributed by atoms with Crippen LogP contribution in [0, 0.1) is 0 Å². The summed E-state index contributed by atoms with van der Waals surface area (Å²) in [5.41, 5.74) is 0.494. The van der Waals surface area contributed by atoms with Crippen molar-refractivity contribution in [2.45, 2.75) is 6.29 Å². The van der Waals surface area contributed by atoms with Gasteiger partial charge in [0.2, 0.25) is 0 Å². The summed E-state index contributed by atoms with van der Waals surface area (Å²) in [6.45, 7) is -2.47. The van der Waals surface area contributed by atoms with Gasteiger partial charge in [-0.15, -0.1) is 0 Å². The molecule has 0 amide bonds. The highest BCUT2D eigenvalue weighted by atomic mass is 16.7. The molecule has 1 saturated heterocycles. The second-order valence-electron chi connectivity index (χ2n) is 3.32. The predicted octanol–water partition coefficient (Wildman–Crippen LogP) is -1.75. The van der Waals surface area contributed by atoms with Crippen LogP contribution in [0.25, 0.3) is 0 Å². The third-order valence-corrected chi connectivity index (χ3v) is 2.10. The molecule has 0 aromatic carbocycles. The van der Waals surface area contributed by atoms with Crippen LogP contribution in [0.1, 0.15) is 11.9 Å². The number of nitrogens with zero attached hydrogens (tertiary/aromatic N) is 1. The van der Waals surface area contributed by atoms with Crippen LogP contribution in [0.15, 0.2) is 18.3 Å². The number of hydrogen-bond donors (Lipinski definition) is 3. The van der Waals surface area contributed by atoms with Crippen molar-refractivity contribution in [3.63, 3.8) is 0 Å². The van der Waals surface area contributed by atoms with E-state index in [1.54, 1.807) is 6.07 Å². The molecule has 0 bridgehead atoms. The third-order valence-electron chi connectivity index (χ3n) is 2.10. The van der Waals surface area contributed by atoms with Gasteiger partial charge >= 0.3 is 6.75 Å². The van der Waals surface area contributed by atoms with Crippen LogP contribution in [0.5, 0.6) is 0 Å². The van der Waals surface area contributed by atoms with Crippen molar-refractivity contribution in [3.05, 3.63) is 23.9 Å². The lowest BCUT2D eigenvalue weighted by Gasteiger charge is -2.20. The Balaban J connectivity index is 2.16. The second-order valence-corrected chi connectivity index (χ2v) is 3.32. The Morgan fingerprint density at radius 2 is 1.87 bits per heavy atom. The van der Waals surface area contributed by atoms with Crippen LogP contribution in [0.2, 0.25) is 0 Å². The van der Waals surface area contributed by atoms with E-state index in [-0.39, 0.29) is 5.59 Å². The topological polar surface area (TPSA) is 92.0 Å². The van der Waals surface area contributed by atoms with Crippen molar-refractivity contribution in [2.75, 3.05) is 13.2 Å². The maximum absolute atomic E-state index is 8.89. The van der Waals surface area contributed by atoms with E-state index in [1.165, 1.54) is 12.3 Å². The smallest absolute Gasteiger partial charge is 0.420 e. The van der Waals surface area contributed by atoms with Crippen LogP contribution < -0.4 is 5.59 Å². The van der Waals surface area contributed by atoms with Crippen LogP contribution in [-0.4, -0.2) is 40.0 Å². The second kappa shape index (κ2) is 3.88. The van der Waals surface area contributed by atoms with Gasteiger partial charge in [0.05, 0.1) is 13.2 Å². The Morgan fingerprint density at radius 1 is 1.20 bits per heavy atom. The van der Waals surface area contributed by atoms with Gasteiger partial charge in [-0.05, 0) is 5.59 Å². The summed E-state index contributed by atoms with van der Waals surface area (Å²) in [5.74, 6) is 0. The average Bonchev–Trinajstić information content (AvgIpc) is 2.69. The molecule has 7 heteroatoms. The summed E-state index contributed by atoms with van der Waals surface area (Å²) in [6.07, 6.45) is 0.925. The molecule has 0 spiro atoms. The summed E-state index contributed by atoms with van der Waals surface area (Å²) in [4.78, 5) is 3.71. The lowest BCUT2D eigenvalue weighted by atomic mass is 9.75. The number of pyridine rings is 1. The van der Waals surface area contributed by atoms with Crippen molar-refractivity contribution in [2.24, 2.45) is 0 Å². The standard InChI is InChI=1S/C8H11BNO5/c11-9(12,13)7-2-1-6(5-10-7)8-14-3-4-15-8/h1-2,5,8,11-13H,3-4H2/q-1. The molecule has 0 saturated carbocycles. The number of aromatic nitrogens is 1. The van der Waals surface area contributed by atoms with Gasteiger partial charge < -0.3 is 24.5 Å². The molecule has 1 aromatic rings. The lowest BCUT2D eigenvalue weighted by molar-refractivity contribution is -0.0443. The fraction of sp³-hybridized carbons (Fsp3) is 0.375. The van der Waals surface area contributed by atoms with Gasteiger partial charge in [-0.25, -0.2) is 0 Å². The SMILES string of the molecule is O[B-](O)(O)c1ccc(C2OCCO2)cn1. The van der Waals surface area contributed by atoms with Gasteiger partial charge in [-0.3, -0.25) is 4.98 Å². The fourth-order valence-electron chi connectivity index (χ4n) is 1.34. The summed E-state index contributed by atoms with van der Waals surface area (Å²) in [7, 11) is 0. The lowest BCUT2D eigenvalue weighted by Crippen LogP contribution is -2.50. The van der Waals surface area contributed by atoms with E-state index in [0.29, 0.717) is 18.8 Å². The Bertz CT molecular complexity index is 330. The molecule has 2 heterocycles. The normalized spacial score (nSPS) is 18.3. The minimum absolute atomic E-state index is 0.184. The van der Waals surface area contributed by atoms with Gasteiger partial charge in [0, 0.05) is 11.8 Å². The van der Waals surface area contributed by atoms with Crippen molar-refractivity contribution < 1.29 is 24.5 Å². The Hall–Kier alpha value is -0.985. The maximum atomic E-state index is 8.89. The van der Waals surface area contributed by atoms with Gasteiger partial charge in [0.1, 0.15) is 0 Å². The average molecular weight is 212 g/mol. The molecule has 1 fully saturated rings. The first-order valence-corrected chi connectivity index (χ1v) is 4.58. The molecule has 1 aliphatic heterocycles. The maximum Gasteiger partial charge on any atom is 0.420 e. The Morgan fingerprint density at radius 3 is 2.33 bits per heavy atom. The van der Waals surface area contributed by atoms with Crippen molar-refractivity contribution >= 4 is 12.3 Å². The molecular formula is C8H11BNO5-. The molecule has 0 aliphatic carbocycles. The highest BCUT2D eigenvalue weighted by Crippen LogP contribution is 2.21. The molecule has 1 aromatic heterocycles. The third kappa shape index (κ3) is 2.33. The van der Waals surface area contributed by atoms with E-state index in [2.05, 4.69) is 4.98 Å². The molecule has 0 atom stereocenters. The highest BCUT2D eigenvalue weighted by Gasteiger charge is 2.22. The van der Waals surface area contributed by atoms with Crippen LogP contribution in [0.3, 0.4) is 0 Å². The molecule has 0 radical (unpaired) electrons. The van der Waals surface area contributed by atoms with E-state index in [4.69, 9.17) is 24.5 Å². The molecule has 3 N–H and O–H groups in total. The first-order valence-electron chi connectivity index (χ1n) is 4.58. The zero-order valence-corrected chi connectivity index (χ0v) is 7.91. The minimum atomic E-state index is -3.53. The fourth-order valence-corrected chi connectivity index (χ4v) is 1.34. The van der Waals surface area contributed by atoms with Gasteiger partial charge in [0.25, 0.3) is 0 Å². The van der Waals surface area contributed by atoms with Gasteiger partial charge in [0.15, 0.2) is 6.29 Å². The molecule has 1 aliphatic rings. The Labute approximate surface area is 86.1 Å². The molecule has 2 rings (SSSR count). The van der Waals surface area contributed by atoms with Crippen molar-refractivity contribution in [1.29, 1.82) is 0 Å². The summed E-state index contributed by atoms with van der Waals surface area (Å²) in [6, 6.07) is 2.89. The quantitative estimate of drug-likeness (QED) is 0.503. The van der Waals surface area contributed by atoms with Gasteiger partial charge in [-0.1, -0.05) is 12.1 Å². The molecule has 15 heavy (non-hydrogen) atoms. The Kier molecular flexibility index (Phi) is 2.72. The monoisotopic (exact) mass is 212 g/mol. The van der Waals surface area contributed by atoms with Crippen LogP contribution in [0.4, 0.5) is 0 Å². The number of ether oxygens (including phenoxy) is 2. The minimum Gasteiger partial charge on any atom is -0.555 e. The van der Waals surface area contributed by atoms with Crippen molar-refractivity contribution in [3.8, 4) is 0 Å². The largest absolute Gasteiger partial charge is 0.555 e. The van der Waals surface area contributed by atoms with Gasteiger partial charge in [-0.2, -0.15) is 0 Å². The van der Waals surface area contributed by atoms with Crippen LogP contribution in [-0.2, 0) is 9.47 Å². The van der Waals surface area contributed by atoms with E-state index in [0.717, 1.165) is 0 Å². The summed E-state index contributed by atoms with van der Waals surface area (Å²) < 4.78 is 10.4. The van der Waals surface area contributed by atoms with E-state index in [1.807, 2.05) is 0 Å². The summed E-state index contributed by atoms with van der Waals surface area (Å²) >= 11 is 0. The summed E-state index contributed by atoms with van der Waals surface area (Å²) in [5, 5.41) is 26.7. The first kappa shape index (κ1) is 10.5. The number of rotatable bonds is 2. The van der Waals surface area contributed by atoms with E-state index < -0.39 is 13.0 Å². The number of hydrogen-bond acceptors (Lipinski definition) is 6. The van der Waals surface area contributed by atoms with Crippen molar-refractivity contribution in [1.82, 2.24) is 4.98 Å². The molecule has 6 nitrogen and oxygen atoms in total. The van der Waals surface area contributed by atoms with Crippen LogP contribution >= 0.6 is 0 Å². The van der Waals surface area contributed by atoms with E-state index >= 15 is 0 Å². The predicted molar refractivity (Wildman–Crippen MR) is 50.9 cm³/mol. The highest BCUT2D eigenvalue weighted by molar-refractivity contribution is 6.70. The first-order chi connectivity index (χ1) is 7.07.